The summed E-state index contributed by atoms with van der Waals surface area (Å²) in [6.07, 6.45) is 0. The van der Waals surface area contributed by atoms with Crippen LogP contribution >= 0.6 is 0 Å². The summed E-state index contributed by atoms with van der Waals surface area (Å²) >= 11 is -2.02. The Labute approximate surface area is 78.7 Å². The van der Waals surface area contributed by atoms with Gasteiger partial charge in [0.1, 0.15) is 0 Å². The van der Waals surface area contributed by atoms with Gasteiger partial charge in [-0.1, -0.05) is 0 Å². The number of aliphatic carboxylic acids is 1. The Balaban J connectivity index is 4.82. The van der Waals surface area contributed by atoms with E-state index >= 15 is 0 Å². The summed E-state index contributed by atoms with van der Waals surface area (Å²) in [5.41, 5.74) is 0. The molecule has 0 aromatic rings. The average molecular weight is 249 g/mol. The molecule has 0 amide bonds. The number of carboxylic acids is 1. The fourth-order valence-electron chi connectivity index (χ4n) is 2.04. The van der Waals surface area contributed by atoms with Crippen molar-refractivity contribution in [1.29, 1.82) is 0 Å². The predicted octanol–water partition coefficient (Wildman–Crippen LogP) is 2.66. The van der Waals surface area contributed by atoms with Crippen molar-refractivity contribution >= 4 is 27.3 Å². The summed E-state index contributed by atoms with van der Waals surface area (Å²) in [6, 6.07) is 0. The molecule has 0 saturated carbocycles. The molecule has 0 aliphatic heterocycles. The normalized spacial score (nSPS) is 15.8. The summed E-state index contributed by atoms with van der Waals surface area (Å²) in [5.74, 6) is 6.02. The number of hydrogen-bond acceptors (Lipinski definition) is 1. The van der Waals surface area contributed by atoms with E-state index in [1.165, 1.54) is 0 Å². The second kappa shape index (κ2) is 3.54. The SMILES string of the molecule is C[Si](C)(C)[CH](C(=O)O)[Ge]([CH3])([CH3])[CH3]. The van der Waals surface area contributed by atoms with Crippen LogP contribution in [-0.2, 0) is 4.79 Å². The molecule has 0 saturated heterocycles. The van der Waals surface area contributed by atoms with E-state index in [1.54, 1.807) is 0 Å². The van der Waals surface area contributed by atoms with E-state index in [0.29, 0.717) is 0 Å². The third-order valence-corrected chi connectivity index (χ3v) is 18.1. The molecule has 0 aliphatic carbocycles. The fourth-order valence-corrected chi connectivity index (χ4v) is 23.3. The van der Waals surface area contributed by atoms with E-state index in [1.807, 2.05) is 0 Å². The average Bonchev–Trinajstić information content (AvgIpc) is 1.49. The number of carboxylic acid groups (broad SMARTS) is 1. The summed E-state index contributed by atoms with van der Waals surface area (Å²) in [6.45, 7) is 6.47. The van der Waals surface area contributed by atoms with Crippen LogP contribution in [0.1, 0.15) is 0 Å². The van der Waals surface area contributed by atoms with Crippen molar-refractivity contribution < 1.29 is 9.90 Å². The van der Waals surface area contributed by atoms with E-state index in [9.17, 15) is 4.79 Å². The van der Waals surface area contributed by atoms with E-state index in [2.05, 4.69) is 36.9 Å². The van der Waals surface area contributed by atoms with Crippen molar-refractivity contribution in [3.8, 4) is 0 Å². The van der Waals surface area contributed by atoms with Gasteiger partial charge < -0.3 is 0 Å². The zero-order chi connectivity index (χ0) is 10.2. The van der Waals surface area contributed by atoms with Crippen LogP contribution in [0.5, 0.6) is 0 Å². The summed E-state index contributed by atoms with van der Waals surface area (Å²) in [4.78, 5) is 11.1. The van der Waals surface area contributed by atoms with Crippen LogP contribution < -0.4 is 0 Å². The molecule has 4 heteroatoms. The molecule has 12 heavy (non-hydrogen) atoms. The maximum atomic E-state index is 11.1. The van der Waals surface area contributed by atoms with Gasteiger partial charge in [-0.15, -0.1) is 0 Å². The second-order valence-corrected chi connectivity index (χ2v) is 23.2. The Hall–Kier alpha value is 0.230. The third-order valence-electron chi connectivity index (χ3n) is 1.98. The predicted molar refractivity (Wildman–Crippen MR) is 58.1 cm³/mol. The van der Waals surface area contributed by atoms with Gasteiger partial charge >= 0.3 is 78.5 Å². The van der Waals surface area contributed by atoms with Crippen LogP contribution in [0.25, 0.3) is 0 Å². The van der Waals surface area contributed by atoms with Crippen LogP contribution in [-0.4, -0.2) is 32.4 Å². The monoisotopic (exact) mass is 250 g/mol. The molecule has 0 aliphatic rings. The molecule has 2 nitrogen and oxygen atoms in total. The van der Waals surface area contributed by atoms with Gasteiger partial charge in [-0.25, -0.2) is 0 Å². The fraction of sp³-hybridized carbons (Fsp3) is 0.875. The molecular weight excluding hydrogens is 229 g/mol. The van der Waals surface area contributed by atoms with E-state index in [0.717, 1.165) is 0 Å². The van der Waals surface area contributed by atoms with Gasteiger partial charge in [-0.3, -0.25) is 0 Å². The molecular formula is C8H20GeO2Si. The van der Waals surface area contributed by atoms with Crippen molar-refractivity contribution in [3.63, 3.8) is 0 Å². The number of carbonyl (C=O) groups is 1. The molecule has 0 spiro atoms. The molecule has 0 aromatic carbocycles. The molecule has 72 valence electrons. The first-order valence-electron chi connectivity index (χ1n) is 4.29. The zero-order valence-corrected chi connectivity index (χ0v) is 12.0. The second-order valence-electron chi connectivity index (χ2n) is 5.50. The first-order chi connectivity index (χ1) is 5.07. The van der Waals surface area contributed by atoms with Gasteiger partial charge in [-0.2, -0.15) is 0 Å². The molecule has 1 atom stereocenters. The van der Waals surface area contributed by atoms with Crippen molar-refractivity contribution in [2.45, 2.75) is 41.3 Å². The van der Waals surface area contributed by atoms with Gasteiger partial charge in [0.05, 0.1) is 0 Å². The molecule has 1 N–H and O–H groups in total. The first kappa shape index (κ1) is 12.2. The first-order valence-corrected chi connectivity index (χ1v) is 15.4. The van der Waals surface area contributed by atoms with Crippen molar-refractivity contribution in [1.82, 2.24) is 0 Å². The minimum absolute atomic E-state index is 0.0255. The summed E-state index contributed by atoms with van der Waals surface area (Å²) in [7, 11) is -1.50. The van der Waals surface area contributed by atoms with Gasteiger partial charge in [0.15, 0.2) is 0 Å². The minimum atomic E-state index is -2.02. The Morgan fingerprint density at radius 3 is 1.58 bits per heavy atom. The van der Waals surface area contributed by atoms with Crippen LogP contribution in [0.3, 0.4) is 0 Å². The topological polar surface area (TPSA) is 37.3 Å². The Bertz CT molecular complexity index is 164. The molecule has 0 aromatic heterocycles. The maximum absolute atomic E-state index is 11.1. The summed E-state index contributed by atoms with van der Waals surface area (Å²) < 4.78 is 0.0255. The van der Waals surface area contributed by atoms with Crippen LogP contribution in [0.4, 0.5) is 0 Å². The molecule has 1 unspecified atom stereocenters. The van der Waals surface area contributed by atoms with Crippen LogP contribution in [0.2, 0.25) is 41.3 Å². The van der Waals surface area contributed by atoms with Crippen LogP contribution in [0, 0.1) is 0 Å². The van der Waals surface area contributed by atoms with Crippen molar-refractivity contribution in [2.75, 3.05) is 0 Å². The molecule has 0 rings (SSSR count). The number of hydrogen-bond donors (Lipinski definition) is 1. The Morgan fingerprint density at radius 1 is 1.25 bits per heavy atom. The van der Waals surface area contributed by atoms with Crippen molar-refractivity contribution in [2.24, 2.45) is 0 Å². The van der Waals surface area contributed by atoms with Gasteiger partial charge in [0.2, 0.25) is 0 Å². The van der Waals surface area contributed by atoms with Gasteiger partial charge in [0, 0.05) is 0 Å². The number of rotatable bonds is 3. The van der Waals surface area contributed by atoms with E-state index in [-0.39, 0.29) is 4.37 Å². The molecule has 0 radical (unpaired) electrons. The summed E-state index contributed by atoms with van der Waals surface area (Å²) in [5, 5.41) is 9.13. The van der Waals surface area contributed by atoms with E-state index in [4.69, 9.17) is 5.11 Å². The molecule has 0 bridgehead atoms. The molecule has 0 fully saturated rings. The zero-order valence-electron chi connectivity index (χ0n) is 8.93. The van der Waals surface area contributed by atoms with E-state index < -0.39 is 27.3 Å². The molecule has 0 heterocycles. The Morgan fingerprint density at radius 2 is 1.58 bits per heavy atom. The van der Waals surface area contributed by atoms with Gasteiger partial charge in [0.25, 0.3) is 0 Å². The third kappa shape index (κ3) is 3.31. The Kier molecular flexibility index (Phi) is 3.60. The van der Waals surface area contributed by atoms with Crippen molar-refractivity contribution in [3.05, 3.63) is 0 Å². The standard InChI is InChI=1S/C8H20GeO2Si/c1-9(2,3)7(8(10)11)12(4,5)6/h7H,1-6H3,(H,10,11). The van der Waals surface area contributed by atoms with Gasteiger partial charge in [-0.05, 0) is 0 Å². The quantitative estimate of drug-likeness (QED) is 0.780. The van der Waals surface area contributed by atoms with Crippen LogP contribution in [0.15, 0.2) is 0 Å².